The maximum Gasteiger partial charge on any atom is 0.315 e. The molecule has 0 rings (SSSR count). The summed E-state index contributed by atoms with van der Waals surface area (Å²) in [6.07, 6.45) is 2.00. The van der Waals surface area contributed by atoms with E-state index in [1.54, 1.807) is 6.92 Å². The van der Waals surface area contributed by atoms with Crippen LogP contribution in [0.15, 0.2) is 0 Å². The highest BCUT2D eigenvalue weighted by Crippen LogP contribution is 1.85. The fourth-order valence-corrected chi connectivity index (χ4v) is 0.728. The van der Waals surface area contributed by atoms with E-state index in [9.17, 15) is 9.59 Å². The lowest BCUT2D eigenvalue weighted by Crippen LogP contribution is -2.43. The first-order valence-corrected chi connectivity index (χ1v) is 4.62. The van der Waals surface area contributed by atoms with Crippen molar-refractivity contribution in [2.75, 3.05) is 6.54 Å². The molecule has 0 saturated carbocycles. The van der Waals surface area contributed by atoms with Crippen molar-refractivity contribution in [1.29, 1.82) is 0 Å². The van der Waals surface area contributed by atoms with Crippen molar-refractivity contribution in [1.82, 2.24) is 10.6 Å². The van der Waals surface area contributed by atoms with Crippen LogP contribution < -0.4 is 10.6 Å². The monoisotopic (exact) mass is 186 g/mol. The van der Waals surface area contributed by atoms with Crippen LogP contribution in [0.2, 0.25) is 0 Å². The summed E-state index contributed by atoms with van der Waals surface area (Å²) in [4.78, 5) is 21.8. The van der Waals surface area contributed by atoms with Gasteiger partial charge in [0.1, 0.15) is 0 Å². The number of amides is 2. The van der Waals surface area contributed by atoms with Gasteiger partial charge in [0.15, 0.2) is 5.78 Å². The zero-order valence-corrected chi connectivity index (χ0v) is 8.52. The Bertz CT molecular complexity index is 180. The van der Waals surface area contributed by atoms with Gasteiger partial charge in [0.25, 0.3) is 0 Å². The Morgan fingerprint density at radius 1 is 1.38 bits per heavy atom. The molecule has 0 aliphatic rings. The van der Waals surface area contributed by atoms with Crippen LogP contribution in [0.25, 0.3) is 0 Å². The van der Waals surface area contributed by atoms with E-state index >= 15 is 0 Å². The number of hydrogen-bond donors (Lipinski definition) is 2. The van der Waals surface area contributed by atoms with Gasteiger partial charge in [0.2, 0.25) is 0 Å². The number of nitrogens with one attached hydrogen (secondary N) is 2. The molecule has 0 fully saturated rings. The van der Waals surface area contributed by atoms with Gasteiger partial charge >= 0.3 is 6.03 Å². The van der Waals surface area contributed by atoms with Crippen LogP contribution in [-0.2, 0) is 4.79 Å². The van der Waals surface area contributed by atoms with Crippen molar-refractivity contribution in [3.8, 4) is 0 Å². The molecule has 13 heavy (non-hydrogen) atoms. The molecule has 0 aromatic heterocycles. The summed E-state index contributed by atoms with van der Waals surface area (Å²) in [5.74, 6) is -0.0364. The van der Waals surface area contributed by atoms with Crippen molar-refractivity contribution in [3.63, 3.8) is 0 Å². The number of carbonyl (C=O) groups excluding carboxylic acids is 2. The van der Waals surface area contributed by atoms with Crippen LogP contribution in [-0.4, -0.2) is 24.4 Å². The molecule has 0 bridgehead atoms. The fourth-order valence-electron chi connectivity index (χ4n) is 0.728. The molecule has 4 nitrogen and oxygen atoms in total. The summed E-state index contributed by atoms with van der Waals surface area (Å²) in [6.45, 7) is 5.84. The van der Waals surface area contributed by atoms with E-state index in [2.05, 4.69) is 17.6 Å². The summed E-state index contributed by atoms with van der Waals surface area (Å²) in [5.41, 5.74) is 0. The van der Waals surface area contributed by atoms with Gasteiger partial charge in [0, 0.05) is 6.54 Å². The molecule has 0 aromatic rings. The summed E-state index contributed by atoms with van der Waals surface area (Å²) in [5, 5.41) is 5.21. The maximum atomic E-state index is 11.1. The molecule has 0 radical (unpaired) electrons. The molecule has 0 aliphatic carbocycles. The highest BCUT2D eigenvalue weighted by Gasteiger charge is 2.09. The molecule has 0 aromatic carbocycles. The van der Waals surface area contributed by atoms with Crippen LogP contribution in [0.5, 0.6) is 0 Å². The van der Waals surface area contributed by atoms with E-state index < -0.39 is 6.04 Å². The minimum atomic E-state index is -0.401. The van der Waals surface area contributed by atoms with Gasteiger partial charge in [-0.2, -0.15) is 0 Å². The number of carbonyl (C=O) groups is 2. The standard InChI is InChI=1S/C9H18N2O2/c1-4-5-6-10-9(13)11-7(2)8(3)12/h7H,4-6H2,1-3H3,(H2,10,11,13). The molecule has 2 amide bonds. The lowest BCUT2D eigenvalue weighted by molar-refractivity contribution is -0.118. The molecule has 0 aliphatic heterocycles. The molecule has 0 spiro atoms. The normalized spacial score (nSPS) is 11.9. The molecule has 76 valence electrons. The third-order valence-corrected chi connectivity index (χ3v) is 1.77. The molecule has 1 atom stereocenters. The van der Waals surface area contributed by atoms with E-state index in [-0.39, 0.29) is 11.8 Å². The van der Waals surface area contributed by atoms with Gasteiger partial charge in [-0.3, -0.25) is 4.79 Å². The van der Waals surface area contributed by atoms with E-state index in [4.69, 9.17) is 0 Å². The molecular weight excluding hydrogens is 168 g/mol. The number of unbranched alkanes of at least 4 members (excludes halogenated alkanes) is 1. The summed E-state index contributed by atoms with van der Waals surface area (Å²) in [6, 6.07) is -0.669. The molecular formula is C9H18N2O2. The lowest BCUT2D eigenvalue weighted by atomic mass is 10.2. The van der Waals surface area contributed by atoms with E-state index in [1.807, 2.05) is 0 Å². The average molecular weight is 186 g/mol. The first-order valence-electron chi connectivity index (χ1n) is 4.62. The topological polar surface area (TPSA) is 58.2 Å². The second-order valence-corrected chi connectivity index (χ2v) is 3.09. The highest BCUT2D eigenvalue weighted by molar-refractivity contribution is 5.86. The number of ketones is 1. The zero-order chi connectivity index (χ0) is 10.3. The molecule has 0 saturated heterocycles. The Morgan fingerprint density at radius 2 is 2.00 bits per heavy atom. The van der Waals surface area contributed by atoms with Crippen LogP contribution in [0.4, 0.5) is 4.79 Å². The first kappa shape index (κ1) is 11.9. The summed E-state index contributed by atoms with van der Waals surface area (Å²) < 4.78 is 0. The second kappa shape index (κ2) is 6.46. The maximum absolute atomic E-state index is 11.1. The smallest absolute Gasteiger partial charge is 0.315 e. The van der Waals surface area contributed by atoms with Gasteiger partial charge in [-0.05, 0) is 20.3 Å². The van der Waals surface area contributed by atoms with Crippen LogP contribution in [0.1, 0.15) is 33.6 Å². The highest BCUT2D eigenvalue weighted by atomic mass is 16.2. The van der Waals surface area contributed by atoms with Crippen LogP contribution in [0, 0.1) is 0 Å². The van der Waals surface area contributed by atoms with Crippen molar-refractivity contribution in [2.45, 2.75) is 39.7 Å². The Hall–Kier alpha value is -1.06. The SMILES string of the molecule is CCCCNC(=O)NC(C)C(C)=O. The van der Waals surface area contributed by atoms with Crippen molar-refractivity contribution < 1.29 is 9.59 Å². The number of Topliss-reactive ketones (excluding diaryl/α,β-unsaturated/α-hetero) is 1. The molecule has 2 N–H and O–H groups in total. The number of hydrogen-bond acceptors (Lipinski definition) is 2. The quantitative estimate of drug-likeness (QED) is 0.631. The van der Waals surface area contributed by atoms with Gasteiger partial charge in [-0.25, -0.2) is 4.79 Å². The predicted molar refractivity (Wildman–Crippen MR) is 51.6 cm³/mol. The molecule has 4 heteroatoms. The van der Waals surface area contributed by atoms with Crippen molar-refractivity contribution in [3.05, 3.63) is 0 Å². The Morgan fingerprint density at radius 3 is 2.46 bits per heavy atom. The molecule has 1 unspecified atom stereocenters. The minimum Gasteiger partial charge on any atom is -0.338 e. The van der Waals surface area contributed by atoms with E-state index in [0.717, 1.165) is 12.8 Å². The van der Waals surface area contributed by atoms with E-state index in [1.165, 1.54) is 6.92 Å². The van der Waals surface area contributed by atoms with E-state index in [0.29, 0.717) is 6.54 Å². The fraction of sp³-hybridized carbons (Fsp3) is 0.778. The van der Waals surface area contributed by atoms with Crippen molar-refractivity contribution >= 4 is 11.8 Å². The van der Waals surface area contributed by atoms with Crippen LogP contribution >= 0.6 is 0 Å². The zero-order valence-electron chi connectivity index (χ0n) is 8.52. The first-order chi connectivity index (χ1) is 6.07. The minimum absolute atomic E-state index is 0.0364. The third kappa shape index (κ3) is 6.13. The average Bonchev–Trinajstić information content (AvgIpc) is 2.04. The Kier molecular flexibility index (Phi) is 5.93. The van der Waals surface area contributed by atoms with Gasteiger partial charge in [0.05, 0.1) is 6.04 Å². The lowest BCUT2D eigenvalue weighted by Gasteiger charge is -2.11. The van der Waals surface area contributed by atoms with Gasteiger partial charge < -0.3 is 10.6 Å². The summed E-state index contributed by atoms with van der Waals surface area (Å²) >= 11 is 0. The predicted octanol–water partition coefficient (Wildman–Crippen LogP) is 1.06. The Labute approximate surface area is 79.1 Å². The van der Waals surface area contributed by atoms with Crippen LogP contribution in [0.3, 0.4) is 0 Å². The molecule has 0 heterocycles. The van der Waals surface area contributed by atoms with Gasteiger partial charge in [-0.1, -0.05) is 13.3 Å². The van der Waals surface area contributed by atoms with Gasteiger partial charge in [-0.15, -0.1) is 0 Å². The largest absolute Gasteiger partial charge is 0.338 e. The number of rotatable bonds is 5. The summed E-state index contributed by atoms with van der Waals surface area (Å²) in [7, 11) is 0. The van der Waals surface area contributed by atoms with Crippen molar-refractivity contribution in [2.24, 2.45) is 0 Å². The third-order valence-electron chi connectivity index (χ3n) is 1.77. The number of urea groups is 1. The second-order valence-electron chi connectivity index (χ2n) is 3.09. The Balaban J connectivity index is 3.56.